The van der Waals surface area contributed by atoms with Gasteiger partial charge in [-0.15, -0.1) is 0 Å². The summed E-state index contributed by atoms with van der Waals surface area (Å²) in [5.74, 6) is -0.333. The Morgan fingerprint density at radius 2 is 1.67 bits per heavy atom. The number of nitrogens with two attached hydrogens (primary N) is 1. The van der Waals surface area contributed by atoms with E-state index in [4.69, 9.17) is 5.11 Å². The van der Waals surface area contributed by atoms with Gasteiger partial charge >= 0.3 is 0 Å². The molecule has 0 spiro atoms. The van der Waals surface area contributed by atoms with Gasteiger partial charge in [-0.05, 0) is 0 Å². The molecule has 12 heavy (non-hydrogen) atoms. The third-order valence-corrected chi connectivity index (χ3v) is 0.771. The number of hydrogen-bond acceptors (Lipinski definition) is 2. The average molecular weight is 199 g/mol. The Bertz CT molecular complexity index is 108. The van der Waals surface area contributed by atoms with Crippen LogP contribution in [0.1, 0.15) is 6.92 Å². The second-order valence-corrected chi connectivity index (χ2v) is 3.35. The van der Waals surface area contributed by atoms with E-state index < -0.39 is 0 Å². The maximum Gasteiger partial charge on any atom is 0.214 e. The molecule has 0 aliphatic rings. The van der Waals surface area contributed by atoms with E-state index in [0.717, 1.165) is 11.0 Å². The molecule has 1 amide bonds. The van der Waals surface area contributed by atoms with E-state index >= 15 is 0 Å². The lowest BCUT2D eigenvalue weighted by molar-refractivity contribution is -0.870. The van der Waals surface area contributed by atoms with Crippen LogP contribution in [0.5, 0.6) is 0 Å². The van der Waals surface area contributed by atoms with Crippen molar-refractivity contribution in [3.63, 3.8) is 0 Å². The number of aliphatic hydroxyl groups is 1. The molecule has 0 atom stereocenters. The Balaban J connectivity index is -0.000000142. The van der Waals surface area contributed by atoms with Crippen molar-refractivity contribution in [3.8, 4) is 0 Å². The van der Waals surface area contributed by atoms with E-state index in [1.54, 1.807) is 0 Å². The van der Waals surface area contributed by atoms with Gasteiger partial charge in [0.2, 0.25) is 5.91 Å². The number of carbonyl (C=O) groups is 1. The first-order valence-electron chi connectivity index (χ1n) is 3.47. The highest BCUT2D eigenvalue weighted by molar-refractivity contribution is 5.70. The number of quaternary nitrogens is 1. The molecular weight excluding hydrogens is 180 g/mol. The highest BCUT2D eigenvalue weighted by Crippen LogP contribution is 1.84. The van der Waals surface area contributed by atoms with Gasteiger partial charge in [0.05, 0.1) is 27.7 Å². The molecule has 0 bridgehead atoms. The number of primary amides is 1. The third kappa shape index (κ3) is 53.9. The predicted octanol–water partition coefficient (Wildman–Crippen LogP) is -3.82. The molecule has 5 heteroatoms. The van der Waals surface area contributed by atoms with Crippen molar-refractivity contribution in [3.05, 3.63) is 0 Å². The summed E-state index contributed by atoms with van der Waals surface area (Å²) in [6.45, 7) is 2.42. The Morgan fingerprint density at radius 1 is 1.42 bits per heavy atom. The fraction of sp³-hybridized carbons (Fsp3) is 0.857. The van der Waals surface area contributed by atoms with Crippen LogP contribution in [-0.4, -0.2) is 49.8 Å². The summed E-state index contributed by atoms with van der Waals surface area (Å²) >= 11 is 0. The van der Waals surface area contributed by atoms with Crippen LogP contribution in [0.4, 0.5) is 0 Å². The Hall–Kier alpha value is -0.320. The largest absolute Gasteiger partial charge is 1.00 e. The zero-order chi connectivity index (χ0) is 9.49. The maximum atomic E-state index is 9.22. The highest BCUT2D eigenvalue weighted by Gasteiger charge is 2.02. The fourth-order valence-electron chi connectivity index (χ4n) is 0.300. The second-order valence-electron chi connectivity index (χ2n) is 3.35. The topological polar surface area (TPSA) is 63.3 Å². The van der Waals surface area contributed by atoms with Crippen molar-refractivity contribution >= 4 is 5.91 Å². The highest BCUT2D eigenvalue weighted by atomic mass is 35.5. The molecule has 3 N–H and O–H groups in total. The van der Waals surface area contributed by atoms with Crippen molar-refractivity contribution in [2.24, 2.45) is 5.73 Å². The molecule has 0 aromatic carbocycles. The normalized spacial score (nSPS) is 9.08. The van der Waals surface area contributed by atoms with Gasteiger partial charge in [-0.25, -0.2) is 0 Å². The van der Waals surface area contributed by atoms with E-state index in [-0.39, 0.29) is 24.9 Å². The summed E-state index contributed by atoms with van der Waals surface area (Å²) in [6, 6.07) is 0. The Kier molecular flexibility index (Phi) is 12.9. The van der Waals surface area contributed by atoms with Crippen molar-refractivity contribution in [1.82, 2.24) is 0 Å². The zero-order valence-electron chi connectivity index (χ0n) is 8.17. The van der Waals surface area contributed by atoms with E-state index in [2.05, 4.69) is 26.9 Å². The van der Waals surface area contributed by atoms with Crippen LogP contribution in [0.2, 0.25) is 0 Å². The van der Waals surface area contributed by atoms with Gasteiger partial charge in [0.1, 0.15) is 6.54 Å². The van der Waals surface area contributed by atoms with E-state index in [1.807, 2.05) is 0 Å². The molecule has 4 nitrogen and oxygen atoms in total. The lowest BCUT2D eigenvalue weighted by Gasteiger charge is -2.21. The molecule has 0 aromatic heterocycles. The minimum atomic E-state index is -0.333. The first-order chi connectivity index (χ1) is 4.79. The maximum absolute atomic E-state index is 9.22. The molecule has 0 aliphatic carbocycles. The SMILES string of the molecule is CC(N)=O.C[N+](C)(C)CCO.[Cl-]. The Morgan fingerprint density at radius 3 is 1.67 bits per heavy atom. The minimum absolute atomic E-state index is 0. The van der Waals surface area contributed by atoms with Crippen molar-refractivity contribution in [2.75, 3.05) is 34.3 Å². The van der Waals surface area contributed by atoms with Crippen LogP contribution >= 0.6 is 0 Å². The van der Waals surface area contributed by atoms with Crippen molar-refractivity contribution < 1.29 is 26.8 Å². The number of rotatable bonds is 2. The molecule has 0 heterocycles. The monoisotopic (exact) mass is 198 g/mol. The lowest BCUT2D eigenvalue weighted by Crippen LogP contribution is -3.00. The van der Waals surface area contributed by atoms with Gasteiger partial charge in [-0.3, -0.25) is 4.79 Å². The van der Waals surface area contributed by atoms with Crippen LogP contribution in [0, 0.1) is 0 Å². The standard InChI is InChI=1S/C5H14NO.C2H5NO.ClH/c1-6(2,3)4-5-7;1-2(3)4;/h7H,4-5H2,1-3H3;1H3,(H2,3,4);1H/q+1;;/p-1. The van der Waals surface area contributed by atoms with E-state index in [0.29, 0.717) is 0 Å². The number of nitrogens with zero attached hydrogens (tertiary/aromatic N) is 1. The predicted molar refractivity (Wildman–Crippen MR) is 44.9 cm³/mol. The number of likely N-dealkylation sites (N-methyl/N-ethyl adjacent to an activating group) is 1. The van der Waals surface area contributed by atoms with Crippen LogP contribution in [-0.2, 0) is 4.79 Å². The fourth-order valence-corrected chi connectivity index (χ4v) is 0.300. The Labute approximate surface area is 80.4 Å². The van der Waals surface area contributed by atoms with Gasteiger partial charge < -0.3 is 27.7 Å². The first kappa shape index (κ1) is 17.7. The van der Waals surface area contributed by atoms with Crippen LogP contribution in [0.15, 0.2) is 0 Å². The second kappa shape index (κ2) is 8.77. The summed E-state index contributed by atoms with van der Waals surface area (Å²) in [5, 5.41) is 8.39. The number of amides is 1. The molecule has 0 unspecified atom stereocenters. The molecule has 0 aromatic rings. The summed E-state index contributed by atoms with van der Waals surface area (Å²) in [7, 11) is 6.16. The van der Waals surface area contributed by atoms with Gasteiger partial charge in [0.15, 0.2) is 0 Å². The molecule has 0 fully saturated rings. The number of carbonyl (C=O) groups excluding carboxylic acids is 1. The molecular formula is C7H19ClN2O2. The average Bonchev–Trinajstić information content (AvgIpc) is 1.58. The van der Waals surface area contributed by atoms with E-state index in [9.17, 15) is 4.79 Å². The van der Waals surface area contributed by atoms with Gasteiger partial charge in [0.25, 0.3) is 0 Å². The summed E-state index contributed by atoms with van der Waals surface area (Å²) < 4.78 is 0.844. The molecule has 0 saturated heterocycles. The number of aliphatic hydroxyl groups excluding tert-OH is 1. The van der Waals surface area contributed by atoms with Gasteiger partial charge in [-0.2, -0.15) is 0 Å². The van der Waals surface area contributed by atoms with E-state index in [1.165, 1.54) is 6.92 Å². The summed E-state index contributed by atoms with van der Waals surface area (Å²) in [5.41, 5.74) is 4.47. The number of halogens is 1. The van der Waals surface area contributed by atoms with Gasteiger partial charge in [-0.1, -0.05) is 0 Å². The molecule has 0 aliphatic heterocycles. The zero-order valence-corrected chi connectivity index (χ0v) is 8.93. The first-order valence-corrected chi connectivity index (χ1v) is 3.47. The van der Waals surface area contributed by atoms with Crippen LogP contribution in [0.25, 0.3) is 0 Å². The smallest absolute Gasteiger partial charge is 0.214 e. The quantitative estimate of drug-likeness (QED) is 0.447. The van der Waals surface area contributed by atoms with Crippen molar-refractivity contribution in [2.45, 2.75) is 6.92 Å². The lowest BCUT2D eigenvalue weighted by atomic mass is 10.5. The molecule has 76 valence electrons. The molecule has 0 radical (unpaired) electrons. The molecule has 0 rings (SSSR count). The van der Waals surface area contributed by atoms with Crippen LogP contribution < -0.4 is 18.1 Å². The molecule has 0 saturated carbocycles. The van der Waals surface area contributed by atoms with Crippen molar-refractivity contribution in [1.29, 1.82) is 0 Å². The summed E-state index contributed by atoms with van der Waals surface area (Å²) in [4.78, 5) is 9.22. The number of hydrogen-bond donors (Lipinski definition) is 2. The van der Waals surface area contributed by atoms with Gasteiger partial charge in [0, 0.05) is 6.92 Å². The third-order valence-electron chi connectivity index (χ3n) is 0.771. The summed E-state index contributed by atoms with van der Waals surface area (Å²) in [6.07, 6.45) is 0. The minimum Gasteiger partial charge on any atom is -1.00 e. The van der Waals surface area contributed by atoms with Crippen LogP contribution in [0.3, 0.4) is 0 Å².